The SMILES string of the molecule is CC1=C(CCOc2ccc(CC(Nc3ccccc3C(=O)c3ccccc3)C(=O)O)cc2)N=C(c2ccc(OCCCCCC\C(C)=C/C=C/C(C)=C/C(=O)O)cc2)C1. The fourth-order valence-corrected chi connectivity index (χ4v) is 6.73. The van der Waals surface area contributed by atoms with Crippen molar-refractivity contribution in [1.82, 2.24) is 0 Å². The molecule has 0 saturated heterocycles. The van der Waals surface area contributed by atoms with Crippen LogP contribution in [0.4, 0.5) is 5.69 Å². The molecule has 1 aliphatic rings. The molecule has 1 aliphatic heterocycles. The summed E-state index contributed by atoms with van der Waals surface area (Å²) in [5.74, 6) is -0.571. The van der Waals surface area contributed by atoms with Crippen LogP contribution < -0.4 is 14.8 Å². The van der Waals surface area contributed by atoms with Crippen molar-refractivity contribution >= 4 is 29.1 Å². The highest BCUT2D eigenvalue weighted by Gasteiger charge is 2.22. The fraction of sp³-hybridized carbons (Fsp3) is 0.280. The van der Waals surface area contributed by atoms with Crippen LogP contribution in [0.1, 0.15) is 92.8 Å². The number of carbonyl (C=O) groups excluding carboxylic acids is 1. The predicted octanol–water partition coefficient (Wildman–Crippen LogP) is 10.8. The number of allylic oxidation sites excluding steroid dienone is 6. The van der Waals surface area contributed by atoms with Crippen LogP contribution in [0.2, 0.25) is 0 Å². The predicted molar refractivity (Wildman–Crippen MR) is 235 cm³/mol. The number of unbranched alkanes of at least 4 members (excludes halogenated alkanes) is 3. The van der Waals surface area contributed by atoms with Gasteiger partial charge < -0.3 is 25.0 Å². The van der Waals surface area contributed by atoms with Crippen molar-refractivity contribution < 1.29 is 34.1 Å². The molecule has 0 saturated carbocycles. The third-order valence-electron chi connectivity index (χ3n) is 10.0. The summed E-state index contributed by atoms with van der Waals surface area (Å²) in [5, 5.41) is 21.9. The average Bonchev–Trinajstić information content (AvgIpc) is 3.60. The number of nitrogens with zero attached hydrogens (tertiary/aromatic N) is 1. The van der Waals surface area contributed by atoms with Gasteiger partial charge in [0.15, 0.2) is 5.78 Å². The average molecular weight is 795 g/mol. The van der Waals surface area contributed by atoms with Crippen molar-refractivity contribution in [3.8, 4) is 11.5 Å². The Morgan fingerprint density at radius 1 is 0.797 bits per heavy atom. The van der Waals surface area contributed by atoms with E-state index in [2.05, 4.69) is 31.3 Å². The Labute approximate surface area is 347 Å². The van der Waals surface area contributed by atoms with E-state index in [0.29, 0.717) is 47.8 Å². The first kappa shape index (κ1) is 43.6. The zero-order valence-electron chi connectivity index (χ0n) is 34.2. The van der Waals surface area contributed by atoms with Gasteiger partial charge in [0.05, 0.1) is 18.9 Å². The van der Waals surface area contributed by atoms with Crippen LogP contribution in [0.5, 0.6) is 11.5 Å². The molecular weight excluding hydrogens is 741 g/mol. The van der Waals surface area contributed by atoms with E-state index in [9.17, 15) is 19.5 Å². The van der Waals surface area contributed by atoms with Crippen LogP contribution in [0.3, 0.4) is 0 Å². The molecule has 1 atom stereocenters. The van der Waals surface area contributed by atoms with Crippen LogP contribution in [-0.2, 0) is 16.0 Å². The second-order valence-electron chi connectivity index (χ2n) is 14.8. The molecule has 0 amide bonds. The van der Waals surface area contributed by atoms with Gasteiger partial charge in [-0.1, -0.05) is 91.2 Å². The van der Waals surface area contributed by atoms with E-state index in [1.165, 1.54) is 17.2 Å². The summed E-state index contributed by atoms with van der Waals surface area (Å²) in [7, 11) is 0. The monoisotopic (exact) mass is 794 g/mol. The zero-order chi connectivity index (χ0) is 42.0. The van der Waals surface area contributed by atoms with Crippen molar-refractivity contribution in [3.05, 3.63) is 172 Å². The highest BCUT2D eigenvalue weighted by atomic mass is 16.5. The summed E-state index contributed by atoms with van der Waals surface area (Å²) in [4.78, 5) is 41.1. The van der Waals surface area contributed by atoms with Gasteiger partial charge in [-0.25, -0.2) is 9.59 Å². The number of carboxylic acid groups (broad SMARTS) is 2. The molecule has 0 bridgehead atoms. The topological polar surface area (TPSA) is 135 Å². The van der Waals surface area contributed by atoms with Crippen LogP contribution in [0, 0.1) is 0 Å². The van der Waals surface area contributed by atoms with Gasteiger partial charge in [-0.05, 0) is 111 Å². The summed E-state index contributed by atoms with van der Waals surface area (Å²) in [6.45, 7) is 7.12. The molecule has 59 heavy (non-hydrogen) atoms. The molecule has 4 aromatic carbocycles. The number of carbonyl (C=O) groups is 3. The van der Waals surface area contributed by atoms with Crippen molar-refractivity contribution in [2.45, 2.75) is 78.2 Å². The number of ether oxygens (including phenoxy) is 2. The third-order valence-corrected chi connectivity index (χ3v) is 10.0. The molecule has 0 radical (unpaired) electrons. The maximum absolute atomic E-state index is 13.2. The quantitative estimate of drug-likeness (QED) is 0.0292. The maximum Gasteiger partial charge on any atom is 0.328 e. The van der Waals surface area contributed by atoms with Crippen LogP contribution in [-0.4, -0.2) is 52.9 Å². The molecule has 1 heterocycles. The molecular formula is C50H54N2O7. The summed E-state index contributed by atoms with van der Waals surface area (Å²) in [6.07, 6.45) is 14.0. The van der Waals surface area contributed by atoms with Gasteiger partial charge in [-0.3, -0.25) is 9.79 Å². The normalized spacial score (nSPS) is 13.6. The van der Waals surface area contributed by atoms with Crippen molar-refractivity contribution in [2.75, 3.05) is 18.5 Å². The third kappa shape index (κ3) is 14.1. The number of anilines is 1. The van der Waals surface area contributed by atoms with Gasteiger partial charge in [-0.2, -0.15) is 0 Å². The highest BCUT2D eigenvalue weighted by molar-refractivity contribution is 6.12. The molecule has 0 spiro atoms. The van der Waals surface area contributed by atoms with E-state index < -0.39 is 18.0 Å². The lowest BCUT2D eigenvalue weighted by molar-refractivity contribution is -0.138. The summed E-state index contributed by atoms with van der Waals surface area (Å²) >= 11 is 0. The van der Waals surface area contributed by atoms with Crippen molar-refractivity contribution in [3.63, 3.8) is 0 Å². The summed E-state index contributed by atoms with van der Waals surface area (Å²) in [6, 6.07) is 30.6. The largest absolute Gasteiger partial charge is 0.494 e. The first-order chi connectivity index (χ1) is 28.5. The van der Waals surface area contributed by atoms with Crippen LogP contribution >= 0.6 is 0 Å². The lowest BCUT2D eigenvalue weighted by Gasteiger charge is -2.18. The number of aliphatic carboxylic acids is 2. The Balaban J connectivity index is 1.01. The zero-order valence-corrected chi connectivity index (χ0v) is 34.2. The van der Waals surface area contributed by atoms with Gasteiger partial charge in [0.2, 0.25) is 0 Å². The number of hydrogen-bond donors (Lipinski definition) is 3. The molecule has 4 aromatic rings. The minimum absolute atomic E-state index is 0.174. The second kappa shape index (κ2) is 22.5. The Bertz CT molecular complexity index is 2200. The molecule has 9 nitrogen and oxygen atoms in total. The molecule has 5 rings (SSSR count). The summed E-state index contributed by atoms with van der Waals surface area (Å²) in [5.41, 5.74) is 8.62. The van der Waals surface area contributed by atoms with Gasteiger partial charge in [0.1, 0.15) is 17.5 Å². The standard InChI is InChI=1S/C50H54N2O7/c1-35(15-13-16-36(2)32-48(53)54)14-7-4-5-12-30-58-42-27-23-39(24-28-42)46-33-37(3)44(51-46)29-31-59-41-25-21-38(22-26-41)34-47(50(56)57)52-45-20-11-10-19-43(45)49(55)40-17-8-6-9-18-40/h6,8-11,13,15-28,32,47,52H,4-5,7,12,14,29-31,33-34H2,1-3H3,(H,53,54)(H,56,57)/b16-13+,35-15-,36-32+. The second-order valence-corrected chi connectivity index (χ2v) is 14.8. The Hall–Kier alpha value is -6.48. The summed E-state index contributed by atoms with van der Waals surface area (Å²) < 4.78 is 12.1. The number of carboxylic acids is 2. The lowest BCUT2D eigenvalue weighted by Crippen LogP contribution is -2.32. The van der Waals surface area contributed by atoms with Crippen LogP contribution in [0.15, 0.2) is 155 Å². The molecule has 3 N–H and O–H groups in total. The first-order valence-electron chi connectivity index (χ1n) is 20.2. The Morgan fingerprint density at radius 3 is 2.17 bits per heavy atom. The number of para-hydroxylation sites is 1. The number of aliphatic imine (C=N–C) groups is 1. The lowest BCUT2D eigenvalue weighted by atomic mass is 10.00. The van der Waals surface area contributed by atoms with E-state index in [-0.39, 0.29) is 12.2 Å². The molecule has 0 aliphatic carbocycles. The van der Waals surface area contributed by atoms with Crippen LogP contribution in [0.25, 0.3) is 0 Å². The minimum atomic E-state index is -1.01. The van der Waals surface area contributed by atoms with Gasteiger partial charge >= 0.3 is 11.9 Å². The Kier molecular flexibility index (Phi) is 16.6. The number of hydrogen-bond acceptors (Lipinski definition) is 7. The fourth-order valence-electron chi connectivity index (χ4n) is 6.73. The molecule has 1 unspecified atom stereocenters. The van der Waals surface area contributed by atoms with Gasteiger partial charge in [-0.15, -0.1) is 0 Å². The van der Waals surface area contributed by atoms with Crippen molar-refractivity contribution in [2.24, 2.45) is 4.99 Å². The Morgan fingerprint density at radius 2 is 1.46 bits per heavy atom. The number of rotatable bonds is 23. The van der Waals surface area contributed by atoms with Gasteiger partial charge in [0, 0.05) is 47.8 Å². The smallest absolute Gasteiger partial charge is 0.328 e. The molecule has 306 valence electrons. The van der Waals surface area contributed by atoms with Gasteiger partial charge in [0.25, 0.3) is 0 Å². The minimum Gasteiger partial charge on any atom is -0.494 e. The van der Waals surface area contributed by atoms with E-state index in [0.717, 1.165) is 66.8 Å². The molecule has 0 fully saturated rings. The van der Waals surface area contributed by atoms with E-state index >= 15 is 0 Å². The van der Waals surface area contributed by atoms with Crippen molar-refractivity contribution in [1.29, 1.82) is 0 Å². The number of ketones is 1. The highest BCUT2D eigenvalue weighted by Crippen LogP contribution is 2.27. The molecule has 9 heteroatoms. The van der Waals surface area contributed by atoms with E-state index in [1.54, 1.807) is 55.5 Å². The number of benzene rings is 4. The first-order valence-corrected chi connectivity index (χ1v) is 20.2. The number of nitrogens with one attached hydrogen (secondary N) is 1. The maximum atomic E-state index is 13.2. The van der Waals surface area contributed by atoms with E-state index in [1.807, 2.05) is 60.7 Å². The molecule has 0 aromatic heterocycles. The van der Waals surface area contributed by atoms with E-state index in [4.69, 9.17) is 19.6 Å².